The van der Waals surface area contributed by atoms with Crippen LogP contribution in [0.5, 0.6) is 0 Å². The quantitative estimate of drug-likeness (QED) is 0.642. The van der Waals surface area contributed by atoms with Crippen LogP contribution >= 0.6 is 0 Å². The number of carbonyl (C=O) groups is 1. The molecule has 2 fully saturated rings. The summed E-state index contributed by atoms with van der Waals surface area (Å²) in [4.78, 5) is 10.5. The second-order valence-electron chi connectivity index (χ2n) is 4.51. The van der Waals surface area contributed by atoms with Crippen molar-refractivity contribution >= 4 is 6.29 Å². The summed E-state index contributed by atoms with van der Waals surface area (Å²) in [6.45, 7) is 1.45. The van der Waals surface area contributed by atoms with Gasteiger partial charge in [-0.1, -0.05) is 0 Å². The monoisotopic (exact) mass is 183 g/mol. The number of carbonyl (C=O) groups excluding carboxylic acids is 1. The molecule has 1 spiro atoms. The van der Waals surface area contributed by atoms with Crippen LogP contribution in [0.25, 0.3) is 0 Å². The van der Waals surface area contributed by atoms with Crippen LogP contribution in [0.2, 0.25) is 0 Å². The molecule has 3 heteroatoms. The van der Waals surface area contributed by atoms with E-state index in [1.165, 1.54) is 6.42 Å². The molecular weight excluding hydrogens is 166 g/mol. The molecule has 0 aromatic carbocycles. The molecule has 13 heavy (non-hydrogen) atoms. The molecule has 1 aliphatic carbocycles. The third kappa shape index (κ3) is 1.63. The van der Waals surface area contributed by atoms with Gasteiger partial charge in [-0.2, -0.15) is 0 Å². The Kier molecular flexibility index (Phi) is 2.39. The Morgan fingerprint density at radius 1 is 1.54 bits per heavy atom. The third-order valence-corrected chi connectivity index (χ3v) is 3.47. The van der Waals surface area contributed by atoms with Gasteiger partial charge in [-0.25, -0.2) is 0 Å². The van der Waals surface area contributed by atoms with E-state index in [1.807, 2.05) is 0 Å². The van der Waals surface area contributed by atoms with E-state index in [1.54, 1.807) is 0 Å². The molecule has 2 rings (SSSR count). The van der Waals surface area contributed by atoms with E-state index in [2.05, 4.69) is 0 Å². The predicted octanol–water partition coefficient (Wildman–Crippen LogP) is 0.719. The van der Waals surface area contributed by atoms with Gasteiger partial charge < -0.3 is 15.3 Å². The van der Waals surface area contributed by atoms with E-state index in [9.17, 15) is 4.79 Å². The van der Waals surface area contributed by atoms with Gasteiger partial charge in [0.1, 0.15) is 6.29 Å². The first kappa shape index (κ1) is 9.16. The summed E-state index contributed by atoms with van der Waals surface area (Å²) in [6, 6.07) is 0. The highest BCUT2D eigenvalue weighted by Crippen LogP contribution is 2.50. The smallest absolute Gasteiger partial charge is 0.123 e. The van der Waals surface area contributed by atoms with E-state index < -0.39 is 0 Å². The lowest BCUT2D eigenvalue weighted by molar-refractivity contribution is -0.134. The van der Waals surface area contributed by atoms with Crippen LogP contribution in [0.3, 0.4) is 0 Å². The van der Waals surface area contributed by atoms with Crippen molar-refractivity contribution in [1.29, 1.82) is 0 Å². The van der Waals surface area contributed by atoms with Crippen LogP contribution in [-0.4, -0.2) is 25.5 Å². The molecule has 2 aliphatic rings. The van der Waals surface area contributed by atoms with Crippen LogP contribution in [0.15, 0.2) is 0 Å². The Labute approximate surface area is 78.6 Å². The van der Waals surface area contributed by atoms with Gasteiger partial charge in [0.05, 0.1) is 12.7 Å². The van der Waals surface area contributed by atoms with Gasteiger partial charge in [0.25, 0.3) is 0 Å². The molecule has 3 nitrogen and oxygen atoms in total. The summed E-state index contributed by atoms with van der Waals surface area (Å²) in [5, 5.41) is 0. The van der Waals surface area contributed by atoms with Gasteiger partial charge in [-0.15, -0.1) is 0 Å². The lowest BCUT2D eigenvalue weighted by Gasteiger charge is -2.49. The molecule has 2 N–H and O–H groups in total. The van der Waals surface area contributed by atoms with Crippen molar-refractivity contribution in [1.82, 2.24) is 0 Å². The molecule has 0 amide bonds. The topological polar surface area (TPSA) is 52.3 Å². The van der Waals surface area contributed by atoms with Crippen LogP contribution < -0.4 is 5.73 Å². The first-order chi connectivity index (χ1) is 6.28. The van der Waals surface area contributed by atoms with Gasteiger partial charge in [0.2, 0.25) is 0 Å². The summed E-state index contributed by atoms with van der Waals surface area (Å²) in [7, 11) is 0. The SMILES string of the molecule is NCC1CCC2(CO1)CC(C=O)C2. The summed E-state index contributed by atoms with van der Waals surface area (Å²) < 4.78 is 5.64. The first-order valence-corrected chi connectivity index (χ1v) is 5.05. The van der Waals surface area contributed by atoms with Gasteiger partial charge in [0, 0.05) is 12.5 Å². The fraction of sp³-hybridized carbons (Fsp3) is 0.900. The van der Waals surface area contributed by atoms with Gasteiger partial charge in [-0.3, -0.25) is 0 Å². The number of aldehydes is 1. The van der Waals surface area contributed by atoms with E-state index in [0.717, 1.165) is 32.2 Å². The van der Waals surface area contributed by atoms with E-state index in [-0.39, 0.29) is 6.10 Å². The Morgan fingerprint density at radius 3 is 2.77 bits per heavy atom. The number of ether oxygens (including phenoxy) is 1. The molecule has 1 saturated carbocycles. The van der Waals surface area contributed by atoms with Gasteiger partial charge in [0.15, 0.2) is 0 Å². The average Bonchev–Trinajstić information content (AvgIpc) is 2.14. The number of hydrogen-bond acceptors (Lipinski definition) is 3. The fourth-order valence-corrected chi connectivity index (χ4v) is 2.57. The molecule has 1 atom stereocenters. The molecule has 0 aromatic rings. The van der Waals surface area contributed by atoms with Crippen molar-refractivity contribution in [2.75, 3.05) is 13.2 Å². The molecule has 1 saturated heterocycles. The van der Waals surface area contributed by atoms with E-state index in [4.69, 9.17) is 10.5 Å². The molecule has 74 valence electrons. The minimum absolute atomic E-state index is 0.265. The molecule has 0 aromatic heterocycles. The minimum atomic E-state index is 0.265. The standard InChI is InChI=1S/C10H17NO2/c11-5-9-1-2-10(7-13-9)3-8(4-10)6-12/h6,8-9H,1-5,7,11H2. The Bertz CT molecular complexity index is 189. The second kappa shape index (κ2) is 3.39. The lowest BCUT2D eigenvalue weighted by Crippen LogP contribution is -2.47. The van der Waals surface area contributed by atoms with E-state index >= 15 is 0 Å². The zero-order valence-electron chi connectivity index (χ0n) is 7.87. The number of nitrogens with two attached hydrogens (primary N) is 1. The highest BCUT2D eigenvalue weighted by atomic mass is 16.5. The fourth-order valence-electron chi connectivity index (χ4n) is 2.57. The van der Waals surface area contributed by atoms with Gasteiger partial charge in [-0.05, 0) is 31.1 Å². The maximum absolute atomic E-state index is 10.5. The molecule has 1 aliphatic heterocycles. The summed E-state index contributed by atoms with van der Waals surface area (Å²) in [6.07, 6.45) is 5.68. The second-order valence-corrected chi connectivity index (χ2v) is 4.51. The summed E-state index contributed by atoms with van der Waals surface area (Å²) in [5.74, 6) is 0.304. The number of hydrogen-bond donors (Lipinski definition) is 1. The Morgan fingerprint density at radius 2 is 2.31 bits per heavy atom. The molecule has 0 radical (unpaired) electrons. The highest BCUT2D eigenvalue weighted by molar-refractivity contribution is 5.55. The van der Waals surface area contributed by atoms with E-state index in [0.29, 0.717) is 17.9 Å². The summed E-state index contributed by atoms with van der Waals surface area (Å²) in [5.41, 5.74) is 5.87. The Hall–Kier alpha value is -0.410. The van der Waals surface area contributed by atoms with Crippen molar-refractivity contribution in [2.24, 2.45) is 17.1 Å². The molecule has 1 unspecified atom stereocenters. The third-order valence-electron chi connectivity index (χ3n) is 3.47. The van der Waals surface area contributed by atoms with Crippen LogP contribution in [0, 0.1) is 11.3 Å². The van der Waals surface area contributed by atoms with Crippen molar-refractivity contribution < 1.29 is 9.53 Å². The zero-order chi connectivity index (χ0) is 9.31. The maximum atomic E-state index is 10.5. The Balaban J connectivity index is 1.82. The molecule has 1 heterocycles. The van der Waals surface area contributed by atoms with Crippen LogP contribution in [0.4, 0.5) is 0 Å². The zero-order valence-corrected chi connectivity index (χ0v) is 7.87. The van der Waals surface area contributed by atoms with Crippen molar-refractivity contribution in [2.45, 2.75) is 31.8 Å². The summed E-state index contributed by atoms with van der Waals surface area (Å²) >= 11 is 0. The molecular formula is C10H17NO2. The first-order valence-electron chi connectivity index (χ1n) is 5.05. The largest absolute Gasteiger partial charge is 0.376 e. The average molecular weight is 183 g/mol. The van der Waals surface area contributed by atoms with Gasteiger partial charge >= 0.3 is 0 Å². The van der Waals surface area contributed by atoms with Crippen molar-refractivity contribution in [3.8, 4) is 0 Å². The minimum Gasteiger partial charge on any atom is -0.376 e. The maximum Gasteiger partial charge on any atom is 0.123 e. The van der Waals surface area contributed by atoms with Crippen LogP contribution in [-0.2, 0) is 9.53 Å². The van der Waals surface area contributed by atoms with Crippen molar-refractivity contribution in [3.05, 3.63) is 0 Å². The highest BCUT2D eigenvalue weighted by Gasteiger charge is 2.46. The normalized spacial score (nSPS) is 44.4. The molecule has 0 bridgehead atoms. The number of rotatable bonds is 2. The van der Waals surface area contributed by atoms with Crippen molar-refractivity contribution in [3.63, 3.8) is 0 Å². The lowest BCUT2D eigenvalue weighted by atomic mass is 9.60. The van der Waals surface area contributed by atoms with Crippen LogP contribution in [0.1, 0.15) is 25.7 Å². The predicted molar refractivity (Wildman–Crippen MR) is 49.2 cm³/mol.